The molecule has 4 atom stereocenters. The topological polar surface area (TPSA) is 139 Å². The van der Waals surface area contributed by atoms with E-state index in [0.29, 0.717) is 12.2 Å². The second kappa shape index (κ2) is 11.2. The Hall–Kier alpha value is -2.88. The van der Waals surface area contributed by atoms with Crippen molar-refractivity contribution in [2.45, 2.75) is 37.5 Å². The van der Waals surface area contributed by atoms with Gasteiger partial charge in [-0.05, 0) is 31.2 Å². The van der Waals surface area contributed by atoms with E-state index in [1.807, 2.05) is 0 Å². The zero-order chi connectivity index (χ0) is 26.7. The molecular weight excluding hydrogens is 537 g/mol. The molecule has 0 saturated carbocycles. The van der Waals surface area contributed by atoms with Crippen LogP contribution in [0.1, 0.15) is 30.0 Å². The number of nitrogens with two attached hydrogens (primary N) is 1. The van der Waals surface area contributed by atoms with E-state index in [9.17, 15) is 23.1 Å². The molecule has 2 aromatic heterocycles. The van der Waals surface area contributed by atoms with Gasteiger partial charge in [0.1, 0.15) is 24.4 Å². The number of aliphatic hydroxyl groups excluding tert-OH is 1. The van der Waals surface area contributed by atoms with Crippen LogP contribution in [0.15, 0.2) is 46.8 Å². The molecule has 4 unspecified atom stereocenters. The molecule has 1 aliphatic heterocycles. The van der Waals surface area contributed by atoms with Crippen molar-refractivity contribution in [2.75, 3.05) is 13.1 Å². The quantitative estimate of drug-likeness (QED) is 0.269. The highest BCUT2D eigenvalue weighted by molar-refractivity contribution is 7.07. The molecule has 1 fully saturated rings. The lowest BCUT2D eigenvalue weighted by Crippen LogP contribution is -2.37. The molecule has 0 spiro atoms. The van der Waals surface area contributed by atoms with E-state index in [-0.39, 0.29) is 39.6 Å². The fourth-order valence-electron chi connectivity index (χ4n) is 3.75. The second-order valence-electron chi connectivity index (χ2n) is 8.23. The van der Waals surface area contributed by atoms with Crippen molar-refractivity contribution in [3.05, 3.63) is 73.7 Å². The molecule has 1 saturated heterocycles. The summed E-state index contributed by atoms with van der Waals surface area (Å²) in [6.45, 7) is 1.96. The van der Waals surface area contributed by atoms with E-state index >= 15 is 0 Å². The number of alkyl halides is 3. The minimum atomic E-state index is -4.68. The molecule has 10 nitrogen and oxygen atoms in total. The van der Waals surface area contributed by atoms with Gasteiger partial charge in [-0.3, -0.25) is 9.63 Å². The van der Waals surface area contributed by atoms with E-state index in [4.69, 9.17) is 26.9 Å². The maximum absolute atomic E-state index is 13.8. The maximum Gasteiger partial charge on any atom is 0.418 e. The lowest BCUT2D eigenvalue weighted by Gasteiger charge is -2.28. The van der Waals surface area contributed by atoms with Gasteiger partial charge in [0.2, 0.25) is 0 Å². The number of ether oxygens (including phenoxy) is 1. The van der Waals surface area contributed by atoms with Crippen LogP contribution in [-0.4, -0.2) is 51.3 Å². The number of aromatic nitrogens is 3. The van der Waals surface area contributed by atoms with Crippen molar-refractivity contribution < 1.29 is 27.9 Å². The van der Waals surface area contributed by atoms with Crippen molar-refractivity contribution in [3.8, 4) is 5.69 Å². The van der Waals surface area contributed by atoms with Crippen LogP contribution >= 0.6 is 22.9 Å². The summed E-state index contributed by atoms with van der Waals surface area (Å²) in [6.07, 6.45) is -5.25. The van der Waals surface area contributed by atoms with Gasteiger partial charge in [0.05, 0.1) is 28.3 Å². The Bertz CT molecular complexity index is 1310. The van der Waals surface area contributed by atoms with Crippen LogP contribution < -0.4 is 21.4 Å². The Kier molecular flexibility index (Phi) is 8.26. The van der Waals surface area contributed by atoms with E-state index in [1.165, 1.54) is 18.5 Å². The third-order valence-electron chi connectivity index (χ3n) is 5.62. The van der Waals surface area contributed by atoms with Crippen LogP contribution in [0, 0.1) is 0 Å². The Labute approximate surface area is 217 Å². The summed E-state index contributed by atoms with van der Waals surface area (Å²) in [5.41, 5.74) is 8.20. The molecule has 37 heavy (non-hydrogen) atoms. The van der Waals surface area contributed by atoms with E-state index < -0.39 is 30.1 Å². The largest absolute Gasteiger partial charge is 0.418 e. The number of hydrogen-bond acceptors (Lipinski definition) is 9. The zero-order valence-electron chi connectivity index (χ0n) is 19.3. The molecule has 3 heterocycles. The predicted octanol–water partition coefficient (Wildman–Crippen LogP) is 2.55. The number of rotatable bonds is 9. The van der Waals surface area contributed by atoms with E-state index in [1.54, 1.807) is 12.3 Å². The van der Waals surface area contributed by atoms with Gasteiger partial charge >= 0.3 is 11.0 Å². The SMILES string of the molecule is CC1ONCC1OC(c1ccnn1-c1cc(Cl)ccc1C(F)(F)F)C(O)CN/C=C(\N)c1csc(=O)[nH]1. The number of thiazole rings is 1. The first-order valence-electron chi connectivity index (χ1n) is 11.0. The monoisotopic (exact) mass is 560 g/mol. The van der Waals surface area contributed by atoms with Crippen LogP contribution in [0.4, 0.5) is 13.2 Å². The Morgan fingerprint density at radius 1 is 1.49 bits per heavy atom. The first-order chi connectivity index (χ1) is 17.5. The summed E-state index contributed by atoms with van der Waals surface area (Å²) < 4.78 is 48.6. The molecule has 0 bridgehead atoms. The van der Waals surface area contributed by atoms with Crippen molar-refractivity contribution in [1.29, 1.82) is 0 Å². The first-order valence-corrected chi connectivity index (χ1v) is 12.3. The Balaban J connectivity index is 1.64. The molecule has 3 aromatic rings. The van der Waals surface area contributed by atoms with Crippen LogP contribution in [0.5, 0.6) is 0 Å². The highest BCUT2D eigenvalue weighted by atomic mass is 35.5. The van der Waals surface area contributed by atoms with E-state index in [2.05, 4.69) is 20.9 Å². The van der Waals surface area contributed by atoms with Crippen molar-refractivity contribution in [3.63, 3.8) is 0 Å². The van der Waals surface area contributed by atoms with Crippen LogP contribution in [0.3, 0.4) is 0 Å². The number of nitrogens with zero attached hydrogens (tertiary/aromatic N) is 2. The molecule has 4 rings (SSSR count). The fraction of sp³-hybridized carbons (Fsp3) is 0.364. The first kappa shape index (κ1) is 27.2. The van der Waals surface area contributed by atoms with Crippen molar-refractivity contribution in [1.82, 2.24) is 25.6 Å². The average Bonchev–Trinajstić information content (AvgIpc) is 3.58. The number of H-pyrrole nitrogens is 1. The third kappa shape index (κ3) is 6.34. The Morgan fingerprint density at radius 3 is 2.92 bits per heavy atom. The smallest absolute Gasteiger partial charge is 0.396 e. The number of benzene rings is 1. The predicted molar refractivity (Wildman–Crippen MR) is 131 cm³/mol. The minimum absolute atomic E-state index is 0.0817. The van der Waals surface area contributed by atoms with Gasteiger partial charge in [-0.1, -0.05) is 22.9 Å². The van der Waals surface area contributed by atoms with Crippen molar-refractivity contribution >= 4 is 28.6 Å². The van der Waals surface area contributed by atoms with Gasteiger partial charge in [0, 0.05) is 35.9 Å². The standard InChI is InChI=1S/C22H24ClF3N6O4S/c1-11-19(9-30-36-11)35-20(18(33)8-28-7-14(27)15-10-37-21(34)31-15)16-4-5-29-32(16)17-6-12(23)2-3-13(17)22(24,25)26/h2-7,10-11,18-20,28,30,33H,8-9,27H2,1H3,(H,31,34)/b14-7-. The fourth-order valence-corrected chi connectivity index (χ4v) is 4.51. The van der Waals surface area contributed by atoms with Gasteiger partial charge in [0.25, 0.3) is 0 Å². The lowest BCUT2D eigenvalue weighted by molar-refractivity contribution is -0.137. The Morgan fingerprint density at radius 2 is 2.27 bits per heavy atom. The lowest BCUT2D eigenvalue weighted by atomic mass is 10.1. The van der Waals surface area contributed by atoms with Gasteiger partial charge < -0.3 is 25.9 Å². The number of hydroxylamine groups is 1. The van der Waals surface area contributed by atoms with Crippen LogP contribution in [0.2, 0.25) is 5.02 Å². The van der Waals surface area contributed by atoms with Gasteiger partial charge in [-0.2, -0.15) is 23.8 Å². The summed E-state index contributed by atoms with van der Waals surface area (Å²) in [5, 5.41) is 19.7. The second-order valence-corrected chi connectivity index (χ2v) is 9.51. The highest BCUT2D eigenvalue weighted by Crippen LogP contribution is 2.37. The molecule has 200 valence electrons. The van der Waals surface area contributed by atoms with Crippen molar-refractivity contribution in [2.24, 2.45) is 5.73 Å². The summed E-state index contributed by atoms with van der Waals surface area (Å²) >= 11 is 6.97. The van der Waals surface area contributed by atoms with Crippen LogP contribution in [0.25, 0.3) is 11.4 Å². The van der Waals surface area contributed by atoms with Gasteiger partial charge in [0.15, 0.2) is 0 Å². The van der Waals surface area contributed by atoms with E-state index in [0.717, 1.165) is 34.2 Å². The minimum Gasteiger partial charge on any atom is -0.396 e. The summed E-state index contributed by atoms with van der Waals surface area (Å²) in [4.78, 5) is 18.9. The normalized spacial score (nSPS) is 20.2. The zero-order valence-corrected chi connectivity index (χ0v) is 20.9. The average molecular weight is 561 g/mol. The molecule has 1 aromatic carbocycles. The molecular formula is C22H24ClF3N6O4S. The summed E-state index contributed by atoms with van der Waals surface area (Å²) in [7, 11) is 0. The molecule has 0 radical (unpaired) electrons. The molecule has 0 amide bonds. The maximum atomic E-state index is 13.8. The number of halogens is 4. The number of hydrogen-bond donors (Lipinski definition) is 5. The molecule has 1 aliphatic rings. The highest BCUT2D eigenvalue weighted by Gasteiger charge is 2.37. The number of aliphatic hydroxyl groups is 1. The molecule has 0 aliphatic carbocycles. The van der Waals surface area contributed by atoms with Crippen LogP contribution in [-0.2, 0) is 15.8 Å². The van der Waals surface area contributed by atoms with Gasteiger partial charge in [-0.15, -0.1) is 0 Å². The summed E-state index contributed by atoms with van der Waals surface area (Å²) in [5.74, 6) is 0. The third-order valence-corrected chi connectivity index (χ3v) is 6.53. The molecule has 6 N–H and O–H groups in total. The van der Waals surface area contributed by atoms with Gasteiger partial charge in [-0.25, -0.2) is 4.68 Å². The number of aromatic amines is 1. The molecule has 15 heteroatoms. The number of nitrogens with one attached hydrogen (secondary N) is 3. The summed E-state index contributed by atoms with van der Waals surface area (Å²) in [6, 6.07) is 4.63.